The van der Waals surface area contributed by atoms with Gasteiger partial charge in [-0.2, -0.15) is 0 Å². The van der Waals surface area contributed by atoms with E-state index in [0.29, 0.717) is 25.2 Å². The maximum absolute atomic E-state index is 12.3. The van der Waals surface area contributed by atoms with Crippen LogP contribution in [0.25, 0.3) is 0 Å². The highest BCUT2D eigenvalue weighted by atomic mass is 19.4. The Hall–Kier alpha value is -1.80. The molecule has 0 aliphatic carbocycles. The number of rotatable bonds is 5. The van der Waals surface area contributed by atoms with Crippen LogP contribution in [0.4, 0.5) is 13.2 Å². The number of alkyl halides is 3. The molecule has 1 saturated heterocycles. The van der Waals surface area contributed by atoms with Crippen LogP contribution in [0, 0.1) is 0 Å². The Labute approximate surface area is 132 Å². The first-order chi connectivity index (χ1) is 10.9. The Balaban J connectivity index is 2.04. The number of hydrogen-bond donors (Lipinski definition) is 1. The molecule has 1 atom stereocenters. The third-order valence-electron chi connectivity index (χ3n) is 3.62. The molecular weight excluding hydrogens is 313 g/mol. The molecule has 0 aromatic heterocycles. The van der Waals surface area contributed by atoms with Crippen LogP contribution in [0.2, 0.25) is 0 Å². The summed E-state index contributed by atoms with van der Waals surface area (Å²) < 4.78 is 45.5. The summed E-state index contributed by atoms with van der Waals surface area (Å²) in [7, 11) is 1.33. The summed E-state index contributed by atoms with van der Waals surface area (Å²) in [5, 5.41) is 3.20. The van der Waals surface area contributed by atoms with Gasteiger partial charge in [0.25, 0.3) is 0 Å². The van der Waals surface area contributed by atoms with Gasteiger partial charge in [0, 0.05) is 32.2 Å². The molecule has 1 fully saturated rings. The molecule has 0 bridgehead atoms. The molecule has 0 spiro atoms. The van der Waals surface area contributed by atoms with Gasteiger partial charge in [-0.05, 0) is 17.7 Å². The van der Waals surface area contributed by atoms with E-state index in [0.717, 1.165) is 6.54 Å². The lowest BCUT2D eigenvalue weighted by Gasteiger charge is -2.35. The number of piperazine rings is 1. The number of halogens is 3. The molecule has 128 valence electrons. The Morgan fingerprint density at radius 1 is 1.43 bits per heavy atom. The summed E-state index contributed by atoms with van der Waals surface area (Å²) in [4.78, 5) is 13.5. The van der Waals surface area contributed by atoms with Crippen LogP contribution in [0.15, 0.2) is 24.3 Å². The van der Waals surface area contributed by atoms with Crippen LogP contribution >= 0.6 is 0 Å². The summed E-state index contributed by atoms with van der Waals surface area (Å²) in [6, 6.07) is 5.84. The van der Waals surface area contributed by atoms with Gasteiger partial charge in [0.15, 0.2) is 0 Å². The fourth-order valence-corrected chi connectivity index (χ4v) is 2.56. The van der Waals surface area contributed by atoms with Crippen molar-refractivity contribution in [3.05, 3.63) is 29.8 Å². The van der Waals surface area contributed by atoms with Crippen LogP contribution < -0.4 is 10.1 Å². The molecule has 1 aliphatic heterocycles. The van der Waals surface area contributed by atoms with Crippen molar-refractivity contribution in [2.45, 2.75) is 25.4 Å². The molecule has 1 aromatic carbocycles. The summed E-state index contributed by atoms with van der Waals surface area (Å²) in [6.45, 7) is 2.54. The number of carbonyl (C=O) groups excluding carboxylic acids is 1. The van der Waals surface area contributed by atoms with Crippen molar-refractivity contribution in [3.63, 3.8) is 0 Å². The molecular formula is C15H19F3N2O3. The van der Waals surface area contributed by atoms with Crippen molar-refractivity contribution in [1.82, 2.24) is 10.2 Å². The van der Waals surface area contributed by atoms with Crippen molar-refractivity contribution >= 4 is 5.97 Å². The summed E-state index contributed by atoms with van der Waals surface area (Å²) in [5.41, 5.74) is 0.698. The third kappa shape index (κ3) is 5.72. The van der Waals surface area contributed by atoms with Gasteiger partial charge >= 0.3 is 12.3 Å². The van der Waals surface area contributed by atoms with Crippen molar-refractivity contribution in [1.29, 1.82) is 0 Å². The zero-order chi connectivity index (χ0) is 16.9. The van der Waals surface area contributed by atoms with Gasteiger partial charge in [0.2, 0.25) is 0 Å². The fourth-order valence-electron chi connectivity index (χ4n) is 2.56. The Morgan fingerprint density at radius 3 is 2.91 bits per heavy atom. The van der Waals surface area contributed by atoms with Gasteiger partial charge in [0.1, 0.15) is 5.75 Å². The Morgan fingerprint density at radius 2 is 2.22 bits per heavy atom. The molecule has 1 unspecified atom stereocenters. The van der Waals surface area contributed by atoms with E-state index in [1.807, 2.05) is 0 Å². The van der Waals surface area contributed by atoms with Gasteiger partial charge in [-0.25, -0.2) is 0 Å². The third-order valence-corrected chi connectivity index (χ3v) is 3.62. The second-order valence-electron chi connectivity index (χ2n) is 5.30. The van der Waals surface area contributed by atoms with Crippen molar-refractivity contribution in [3.8, 4) is 5.75 Å². The average molecular weight is 332 g/mol. The second-order valence-corrected chi connectivity index (χ2v) is 5.30. The summed E-state index contributed by atoms with van der Waals surface area (Å²) in [5.74, 6) is -0.549. The zero-order valence-corrected chi connectivity index (χ0v) is 12.7. The molecule has 0 saturated carbocycles. The molecule has 23 heavy (non-hydrogen) atoms. The molecule has 5 nitrogen and oxygen atoms in total. The molecule has 2 rings (SSSR count). The minimum atomic E-state index is -4.71. The smallest absolute Gasteiger partial charge is 0.469 e. The van der Waals surface area contributed by atoms with Gasteiger partial charge in [0.05, 0.1) is 13.5 Å². The molecule has 0 amide bonds. The normalized spacial score (nSPS) is 19.4. The van der Waals surface area contributed by atoms with Crippen molar-refractivity contribution in [2.24, 2.45) is 0 Å². The van der Waals surface area contributed by atoms with E-state index in [4.69, 9.17) is 0 Å². The lowest BCUT2D eigenvalue weighted by atomic mass is 10.1. The SMILES string of the molecule is COC(=O)CC1CNCCN1Cc1cccc(OC(F)(F)F)c1. The van der Waals surface area contributed by atoms with E-state index >= 15 is 0 Å². The fraction of sp³-hybridized carbons (Fsp3) is 0.533. The highest BCUT2D eigenvalue weighted by Gasteiger charge is 2.31. The number of methoxy groups -OCH3 is 1. The number of ether oxygens (including phenoxy) is 2. The lowest BCUT2D eigenvalue weighted by Crippen LogP contribution is -2.51. The quantitative estimate of drug-likeness (QED) is 0.835. The summed E-state index contributed by atoms with van der Waals surface area (Å²) in [6.07, 6.45) is -4.47. The minimum Gasteiger partial charge on any atom is -0.469 e. The minimum absolute atomic E-state index is 0.0524. The largest absolute Gasteiger partial charge is 0.573 e. The summed E-state index contributed by atoms with van der Waals surface area (Å²) >= 11 is 0. The number of esters is 1. The van der Waals surface area contributed by atoms with Gasteiger partial charge in [-0.3, -0.25) is 9.69 Å². The van der Waals surface area contributed by atoms with E-state index in [2.05, 4.69) is 19.7 Å². The van der Waals surface area contributed by atoms with Crippen LogP contribution in [0.5, 0.6) is 5.75 Å². The van der Waals surface area contributed by atoms with Crippen LogP contribution in [-0.2, 0) is 16.1 Å². The zero-order valence-electron chi connectivity index (χ0n) is 12.7. The molecule has 8 heteroatoms. The van der Waals surface area contributed by atoms with Crippen LogP contribution in [0.1, 0.15) is 12.0 Å². The predicted octanol–water partition coefficient (Wildman–Crippen LogP) is 1.92. The molecule has 1 heterocycles. The van der Waals surface area contributed by atoms with Gasteiger partial charge in [-0.15, -0.1) is 13.2 Å². The first-order valence-corrected chi connectivity index (χ1v) is 7.23. The standard InChI is InChI=1S/C15H19F3N2O3/c1-22-14(21)8-12-9-19-5-6-20(12)10-11-3-2-4-13(7-11)23-15(16,17)18/h2-4,7,12,19H,5-6,8-10H2,1H3. The number of benzene rings is 1. The number of carbonyl (C=O) groups is 1. The Kier molecular flexibility index (Phi) is 5.84. The number of nitrogens with one attached hydrogen (secondary N) is 1. The lowest BCUT2D eigenvalue weighted by molar-refractivity contribution is -0.274. The highest BCUT2D eigenvalue weighted by Crippen LogP contribution is 2.24. The maximum atomic E-state index is 12.3. The molecule has 1 N–H and O–H groups in total. The second kappa shape index (κ2) is 7.65. The first-order valence-electron chi connectivity index (χ1n) is 7.23. The van der Waals surface area contributed by atoms with Gasteiger partial charge in [-0.1, -0.05) is 12.1 Å². The highest BCUT2D eigenvalue weighted by molar-refractivity contribution is 5.70. The van der Waals surface area contributed by atoms with E-state index in [-0.39, 0.29) is 24.2 Å². The van der Waals surface area contributed by atoms with Crippen molar-refractivity contribution in [2.75, 3.05) is 26.7 Å². The van der Waals surface area contributed by atoms with Gasteiger partial charge < -0.3 is 14.8 Å². The monoisotopic (exact) mass is 332 g/mol. The van der Waals surface area contributed by atoms with Crippen molar-refractivity contribution < 1.29 is 27.4 Å². The predicted molar refractivity (Wildman–Crippen MR) is 76.8 cm³/mol. The maximum Gasteiger partial charge on any atom is 0.573 e. The first kappa shape index (κ1) is 17.6. The van der Waals surface area contributed by atoms with Crippen LogP contribution in [-0.4, -0.2) is 50.0 Å². The van der Waals surface area contributed by atoms with Crippen LogP contribution in [0.3, 0.4) is 0 Å². The van der Waals surface area contributed by atoms with E-state index in [1.165, 1.54) is 25.3 Å². The number of nitrogens with zero attached hydrogens (tertiary/aromatic N) is 1. The Bertz CT molecular complexity index is 537. The van der Waals surface area contributed by atoms with E-state index in [9.17, 15) is 18.0 Å². The number of hydrogen-bond acceptors (Lipinski definition) is 5. The van der Waals surface area contributed by atoms with E-state index < -0.39 is 6.36 Å². The molecule has 1 aliphatic rings. The topological polar surface area (TPSA) is 50.8 Å². The molecule has 1 aromatic rings. The van der Waals surface area contributed by atoms with E-state index in [1.54, 1.807) is 6.07 Å². The average Bonchev–Trinajstić information content (AvgIpc) is 2.48. The molecule has 0 radical (unpaired) electrons.